The fraction of sp³-hybridized carbons (Fsp3) is 0.583. The van der Waals surface area contributed by atoms with E-state index in [9.17, 15) is 4.79 Å². The molecule has 0 aliphatic rings. The van der Waals surface area contributed by atoms with Gasteiger partial charge in [-0.05, 0) is 48.1 Å². The van der Waals surface area contributed by atoms with Crippen LogP contribution in [-0.2, 0) is 16.1 Å². The van der Waals surface area contributed by atoms with Gasteiger partial charge in [-0.25, -0.2) is 0 Å². The Morgan fingerprint density at radius 1 is 1.59 bits per heavy atom. The zero-order valence-electron chi connectivity index (χ0n) is 10.4. The molecule has 0 aliphatic carbocycles. The third kappa shape index (κ3) is 4.77. The summed E-state index contributed by atoms with van der Waals surface area (Å²) in [6.45, 7) is 7.55. The van der Waals surface area contributed by atoms with Gasteiger partial charge in [0.05, 0.1) is 13.2 Å². The summed E-state index contributed by atoms with van der Waals surface area (Å²) in [4.78, 5) is 14.8. The van der Waals surface area contributed by atoms with E-state index in [1.807, 2.05) is 18.4 Å². The first-order valence-electron chi connectivity index (χ1n) is 5.66. The van der Waals surface area contributed by atoms with Crippen molar-refractivity contribution in [3.63, 3.8) is 0 Å². The van der Waals surface area contributed by atoms with Crippen molar-refractivity contribution in [3.05, 3.63) is 20.8 Å². The number of carbonyl (C=O) groups excluding carboxylic acids is 1. The molecule has 0 aromatic carbocycles. The zero-order chi connectivity index (χ0) is 12.8. The zero-order valence-corrected chi connectivity index (χ0v) is 12.8. The van der Waals surface area contributed by atoms with E-state index in [1.165, 1.54) is 4.88 Å². The fourth-order valence-electron chi connectivity index (χ4n) is 1.42. The first kappa shape index (κ1) is 14.7. The average Bonchev–Trinajstić information content (AvgIpc) is 2.63. The lowest BCUT2D eigenvalue weighted by Crippen LogP contribution is -2.35. The molecule has 17 heavy (non-hydrogen) atoms. The minimum Gasteiger partial charge on any atom is -0.465 e. The number of ether oxygens (including phenoxy) is 1. The maximum atomic E-state index is 11.5. The number of halogens is 1. The second kappa shape index (κ2) is 7.13. The maximum Gasteiger partial charge on any atom is 0.320 e. The molecule has 1 aromatic heterocycles. The van der Waals surface area contributed by atoms with Gasteiger partial charge in [-0.1, -0.05) is 0 Å². The number of carbonyl (C=O) groups is 1. The molecule has 0 bridgehead atoms. The van der Waals surface area contributed by atoms with Crippen LogP contribution in [0.15, 0.2) is 15.9 Å². The second-order valence-electron chi connectivity index (χ2n) is 4.00. The van der Waals surface area contributed by atoms with Crippen molar-refractivity contribution < 1.29 is 9.53 Å². The molecule has 96 valence electrons. The van der Waals surface area contributed by atoms with Crippen LogP contribution < -0.4 is 0 Å². The van der Waals surface area contributed by atoms with Crippen molar-refractivity contribution in [2.24, 2.45) is 0 Å². The molecule has 0 radical (unpaired) electrons. The van der Waals surface area contributed by atoms with Gasteiger partial charge in [0.2, 0.25) is 0 Å². The van der Waals surface area contributed by atoms with Gasteiger partial charge in [-0.2, -0.15) is 0 Å². The Hall–Kier alpha value is -0.390. The Bertz CT molecular complexity index is 365. The minimum absolute atomic E-state index is 0.158. The minimum atomic E-state index is -0.158. The molecule has 0 aliphatic heterocycles. The van der Waals surface area contributed by atoms with E-state index >= 15 is 0 Å². The third-order valence-electron chi connectivity index (χ3n) is 2.41. The van der Waals surface area contributed by atoms with Crippen LogP contribution in [0.3, 0.4) is 0 Å². The molecule has 3 nitrogen and oxygen atoms in total. The molecular formula is C12H18BrNO2S. The summed E-state index contributed by atoms with van der Waals surface area (Å²) in [5, 5.41) is 2.04. The molecule has 5 heteroatoms. The van der Waals surface area contributed by atoms with Crippen molar-refractivity contribution in [2.45, 2.75) is 33.4 Å². The normalized spacial score (nSPS) is 11.2. The smallest absolute Gasteiger partial charge is 0.320 e. The lowest BCUT2D eigenvalue weighted by atomic mass is 10.3. The number of hydrogen-bond acceptors (Lipinski definition) is 4. The summed E-state index contributed by atoms with van der Waals surface area (Å²) in [6, 6.07) is 2.34. The summed E-state index contributed by atoms with van der Waals surface area (Å²) >= 11 is 5.20. The first-order chi connectivity index (χ1) is 8.04. The van der Waals surface area contributed by atoms with E-state index in [4.69, 9.17) is 4.74 Å². The number of esters is 1. The van der Waals surface area contributed by atoms with E-state index in [-0.39, 0.29) is 5.97 Å². The predicted octanol–water partition coefficient (Wildman–Crippen LogP) is 3.28. The number of hydrogen-bond donors (Lipinski definition) is 0. The van der Waals surface area contributed by atoms with Crippen molar-refractivity contribution in [2.75, 3.05) is 13.2 Å². The highest BCUT2D eigenvalue weighted by Gasteiger charge is 2.16. The average molecular weight is 320 g/mol. The molecule has 1 heterocycles. The van der Waals surface area contributed by atoms with Gasteiger partial charge in [0, 0.05) is 21.9 Å². The van der Waals surface area contributed by atoms with Gasteiger partial charge in [0.25, 0.3) is 0 Å². The van der Waals surface area contributed by atoms with E-state index < -0.39 is 0 Å². The highest BCUT2D eigenvalue weighted by atomic mass is 79.9. The molecule has 0 atom stereocenters. The highest BCUT2D eigenvalue weighted by Crippen LogP contribution is 2.24. The lowest BCUT2D eigenvalue weighted by molar-refractivity contribution is -0.145. The lowest BCUT2D eigenvalue weighted by Gasteiger charge is -2.24. The molecular weight excluding hydrogens is 302 g/mol. The Morgan fingerprint density at radius 3 is 2.76 bits per heavy atom. The number of rotatable bonds is 6. The van der Waals surface area contributed by atoms with Crippen LogP contribution in [-0.4, -0.2) is 30.1 Å². The maximum absolute atomic E-state index is 11.5. The SMILES string of the molecule is CCOC(=O)CN(Cc1sccc1Br)C(C)C. The Kier molecular flexibility index (Phi) is 6.16. The van der Waals surface area contributed by atoms with Crippen LogP contribution in [0.1, 0.15) is 25.6 Å². The summed E-state index contributed by atoms with van der Waals surface area (Å²) in [5.74, 6) is -0.158. The second-order valence-corrected chi connectivity index (χ2v) is 5.85. The summed E-state index contributed by atoms with van der Waals surface area (Å²) in [5.41, 5.74) is 0. The standard InChI is InChI=1S/C12H18BrNO2S/c1-4-16-12(15)8-14(9(2)3)7-11-10(13)5-6-17-11/h5-6,9H,4,7-8H2,1-3H3. The predicted molar refractivity (Wildman–Crippen MR) is 74.2 cm³/mol. The van der Waals surface area contributed by atoms with Crippen LogP contribution in [0.25, 0.3) is 0 Å². The van der Waals surface area contributed by atoms with Crippen molar-refractivity contribution >= 4 is 33.2 Å². The van der Waals surface area contributed by atoms with Gasteiger partial charge in [-0.15, -0.1) is 11.3 Å². The molecule has 0 saturated heterocycles. The molecule has 0 spiro atoms. The van der Waals surface area contributed by atoms with Gasteiger partial charge in [-0.3, -0.25) is 9.69 Å². The quantitative estimate of drug-likeness (QED) is 0.753. The van der Waals surface area contributed by atoms with Gasteiger partial charge in [0.1, 0.15) is 0 Å². The monoisotopic (exact) mass is 319 g/mol. The van der Waals surface area contributed by atoms with Crippen LogP contribution in [0.5, 0.6) is 0 Å². The Balaban J connectivity index is 2.61. The summed E-state index contributed by atoms with van der Waals surface area (Å²) in [7, 11) is 0. The summed E-state index contributed by atoms with van der Waals surface area (Å²) < 4.78 is 6.09. The van der Waals surface area contributed by atoms with Crippen LogP contribution in [0.4, 0.5) is 0 Å². The van der Waals surface area contributed by atoms with Crippen molar-refractivity contribution in [1.29, 1.82) is 0 Å². The van der Waals surface area contributed by atoms with E-state index in [1.54, 1.807) is 11.3 Å². The van der Waals surface area contributed by atoms with Crippen LogP contribution >= 0.6 is 27.3 Å². The van der Waals surface area contributed by atoms with Gasteiger partial charge in [0.15, 0.2) is 0 Å². The van der Waals surface area contributed by atoms with Crippen LogP contribution in [0, 0.1) is 0 Å². The molecule has 0 fully saturated rings. The molecule has 0 N–H and O–H groups in total. The molecule has 0 unspecified atom stereocenters. The number of thiophene rings is 1. The van der Waals surface area contributed by atoms with E-state index in [0.29, 0.717) is 19.2 Å². The fourth-order valence-corrected chi connectivity index (χ4v) is 2.92. The summed E-state index contributed by atoms with van der Waals surface area (Å²) in [6.07, 6.45) is 0. The molecule has 1 rings (SSSR count). The van der Waals surface area contributed by atoms with Crippen LogP contribution in [0.2, 0.25) is 0 Å². The highest BCUT2D eigenvalue weighted by molar-refractivity contribution is 9.10. The van der Waals surface area contributed by atoms with Crippen molar-refractivity contribution in [3.8, 4) is 0 Å². The van der Waals surface area contributed by atoms with E-state index in [0.717, 1.165) is 11.0 Å². The number of nitrogens with zero attached hydrogens (tertiary/aromatic N) is 1. The Labute approximate surface area is 115 Å². The van der Waals surface area contributed by atoms with Gasteiger partial charge < -0.3 is 4.74 Å². The topological polar surface area (TPSA) is 29.5 Å². The molecule has 1 aromatic rings. The van der Waals surface area contributed by atoms with Gasteiger partial charge >= 0.3 is 5.97 Å². The third-order valence-corrected chi connectivity index (χ3v) is 4.32. The molecule has 0 saturated carbocycles. The van der Waals surface area contributed by atoms with Crippen molar-refractivity contribution in [1.82, 2.24) is 4.90 Å². The largest absolute Gasteiger partial charge is 0.465 e. The Morgan fingerprint density at radius 2 is 2.29 bits per heavy atom. The molecule has 0 amide bonds. The first-order valence-corrected chi connectivity index (χ1v) is 7.33. The van der Waals surface area contributed by atoms with E-state index in [2.05, 4.69) is 34.7 Å².